The van der Waals surface area contributed by atoms with Crippen LogP contribution >= 0.6 is 0 Å². The van der Waals surface area contributed by atoms with Crippen molar-refractivity contribution in [3.63, 3.8) is 0 Å². The van der Waals surface area contributed by atoms with Crippen molar-refractivity contribution < 1.29 is 9.31 Å². The summed E-state index contributed by atoms with van der Waals surface area (Å²) in [4.78, 5) is 12.4. The molecular formula is C15H18BN3O2. The Labute approximate surface area is 124 Å². The average molecular weight is 283 g/mol. The highest BCUT2D eigenvalue weighted by molar-refractivity contribution is 6.62. The van der Waals surface area contributed by atoms with Crippen molar-refractivity contribution in [2.45, 2.75) is 38.9 Å². The van der Waals surface area contributed by atoms with Gasteiger partial charge in [0.25, 0.3) is 0 Å². The Hall–Kier alpha value is -1.79. The summed E-state index contributed by atoms with van der Waals surface area (Å²) >= 11 is 0. The highest BCUT2D eigenvalue weighted by atomic mass is 16.7. The fourth-order valence-corrected chi connectivity index (χ4v) is 2.16. The molecule has 2 aromatic heterocycles. The number of nitrogens with zero attached hydrogens (tertiary/aromatic N) is 3. The summed E-state index contributed by atoms with van der Waals surface area (Å²) in [6, 6.07) is 3.87. The van der Waals surface area contributed by atoms with Gasteiger partial charge in [-0.2, -0.15) is 0 Å². The van der Waals surface area contributed by atoms with Crippen LogP contribution in [0, 0.1) is 0 Å². The summed E-state index contributed by atoms with van der Waals surface area (Å²) < 4.78 is 12.1. The molecule has 0 aromatic carbocycles. The minimum absolute atomic E-state index is 0.350. The quantitative estimate of drug-likeness (QED) is 0.787. The Morgan fingerprint density at radius 3 is 2.24 bits per heavy atom. The van der Waals surface area contributed by atoms with Crippen molar-refractivity contribution in [3.05, 3.63) is 37.1 Å². The van der Waals surface area contributed by atoms with E-state index in [4.69, 9.17) is 9.31 Å². The molecule has 2 aromatic rings. The molecule has 5 nitrogen and oxygen atoms in total. The van der Waals surface area contributed by atoms with Gasteiger partial charge in [0.05, 0.1) is 16.9 Å². The highest BCUT2D eigenvalue weighted by Gasteiger charge is 2.51. The first-order valence-corrected chi connectivity index (χ1v) is 6.96. The molecule has 6 heteroatoms. The van der Waals surface area contributed by atoms with Gasteiger partial charge in [-0.05, 0) is 45.3 Å². The Morgan fingerprint density at radius 1 is 1.00 bits per heavy atom. The van der Waals surface area contributed by atoms with Crippen LogP contribution < -0.4 is 5.46 Å². The summed E-state index contributed by atoms with van der Waals surface area (Å²) in [7, 11) is -0.388. The molecule has 1 saturated heterocycles. The van der Waals surface area contributed by atoms with Gasteiger partial charge in [0, 0.05) is 24.2 Å². The zero-order valence-electron chi connectivity index (χ0n) is 12.7. The van der Waals surface area contributed by atoms with E-state index in [0.717, 1.165) is 16.7 Å². The van der Waals surface area contributed by atoms with Crippen LogP contribution in [-0.4, -0.2) is 33.3 Å². The van der Waals surface area contributed by atoms with Gasteiger partial charge in [-0.15, -0.1) is 0 Å². The third-order valence-electron chi connectivity index (χ3n) is 4.17. The van der Waals surface area contributed by atoms with Crippen molar-refractivity contribution in [2.24, 2.45) is 0 Å². The van der Waals surface area contributed by atoms with Crippen LogP contribution in [0.1, 0.15) is 27.7 Å². The summed E-state index contributed by atoms with van der Waals surface area (Å²) in [6.45, 7) is 8.17. The first-order valence-electron chi connectivity index (χ1n) is 6.96. The number of aromatic nitrogens is 3. The maximum atomic E-state index is 6.06. The van der Waals surface area contributed by atoms with Crippen molar-refractivity contribution in [1.82, 2.24) is 15.0 Å². The molecule has 0 bridgehead atoms. The molecule has 0 saturated carbocycles. The predicted molar refractivity (Wildman–Crippen MR) is 81.0 cm³/mol. The van der Waals surface area contributed by atoms with Gasteiger partial charge in [-0.3, -0.25) is 4.98 Å². The SMILES string of the molecule is CC1(C)OB(c2ccnc(-c3cncnc3)c2)OC1(C)C. The van der Waals surface area contributed by atoms with E-state index in [1.54, 1.807) is 18.6 Å². The van der Waals surface area contributed by atoms with Crippen molar-refractivity contribution >= 4 is 12.6 Å². The largest absolute Gasteiger partial charge is 0.494 e. The van der Waals surface area contributed by atoms with Gasteiger partial charge in [-0.1, -0.05) is 0 Å². The van der Waals surface area contributed by atoms with Crippen LogP contribution in [0.3, 0.4) is 0 Å². The van der Waals surface area contributed by atoms with Crippen molar-refractivity contribution in [3.8, 4) is 11.3 Å². The zero-order valence-corrected chi connectivity index (χ0v) is 12.7. The maximum Gasteiger partial charge on any atom is 0.494 e. The number of hydrogen-bond acceptors (Lipinski definition) is 5. The van der Waals surface area contributed by atoms with Gasteiger partial charge in [0.15, 0.2) is 0 Å². The molecule has 1 aliphatic rings. The lowest BCUT2D eigenvalue weighted by Crippen LogP contribution is -2.41. The molecule has 1 aliphatic heterocycles. The highest BCUT2D eigenvalue weighted by Crippen LogP contribution is 2.36. The molecule has 21 heavy (non-hydrogen) atoms. The molecule has 0 radical (unpaired) electrons. The number of pyridine rings is 1. The van der Waals surface area contributed by atoms with Crippen LogP contribution in [0.15, 0.2) is 37.1 Å². The number of rotatable bonds is 2. The van der Waals surface area contributed by atoms with E-state index in [9.17, 15) is 0 Å². The zero-order chi connectivity index (χ0) is 15.1. The van der Waals surface area contributed by atoms with Crippen LogP contribution in [0.2, 0.25) is 0 Å². The Bertz CT molecular complexity index is 630. The molecule has 1 fully saturated rings. The molecule has 108 valence electrons. The standard InChI is InChI=1S/C15H18BN3O2/c1-14(2)15(3,4)21-16(20-14)12-5-6-19-13(7-12)11-8-17-10-18-9-11/h5-10H,1-4H3. The Kier molecular flexibility index (Phi) is 3.30. The van der Waals surface area contributed by atoms with Gasteiger partial charge < -0.3 is 9.31 Å². The van der Waals surface area contributed by atoms with E-state index in [-0.39, 0.29) is 18.3 Å². The minimum Gasteiger partial charge on any atom is -0.399 e. The monoisotopic (exact) mass is 283 g/mol. The molecule has 0 unspecified atom stereocenters. The van der Waals surface area contributed by atoms with Crippen molar-refractivity contribution in [1.29, 1.82) is 0 Å². The van der Waals surface area contributed by atoms with E-state index in [0.29, 0.717) is 0 Å². The molecule has 0 N–H and O–H groups in total. The van der Waals surface area contributed by atoms with Crippen molar-refractivity contribution in [2.75, 3.05) is 0 Å². The van der Waals surface area contributed by atoms with Gasteiger partial charge in [0.1, 0.15) is 6.33 Å². The molecule has 3 rings (SSSR count). The van der Waals surface area contributed by atoms with E-state index in [2.05, 4.69) is 15.0 Å². The van der Waals surface area contributed by atoms with Gasteiger partial charge in [0.2, 0.25) is 0 Å². The molecule has 0 amide bonds. The maximum absolute atomic E-state index is 6.06. The molecule has 3 heterocycles. The van der Waals surface area contributed by atoms with E-state index in [1.165, 1.54) is 6.33 Å². The molecular weight excluding hydrogens is 265 g/mol. The van der Waals surface area contributed by atoms with Crippen LogP contribution in [0.4, 0.5) is 0 Å². The molecule has 0 spiro atoms. The second-order valence-electron chi connectivity index (χ2n) is 6.19. The van der Waals surface area contributed by atoms with Crippen LogP contribution in [-0.2, 0) is 9.31 Å². The molecule has 0 atom stereocenters. The first kappa shape index (κ1) is 14.2. The first-order chi connectivity index (χ1) is 9.89. The average Bonchev–Trinajstić information content (AvgIpc) is 2.69. The second kappa shape index (κ2) is 4.89. The summed E-state index contributed by atoms with van der Waals surface area (Å²) in [5, 5.41) is 0. The fraction of sp³-hybridized carbons (Fsp3) is 0.400. The summed E-state index contributed by atoms with van der Waals surface area (Å²) in [5.41, 5.74) is 1.93. The third-order valence-corrected chi connectivity index (χ3v) is 4.17. The number of hydrogen-bond donors (Lipinski definition) is 0. The Balaban J connectivity index is 1.92. The van der Waals surface area contributed by atoms with Gasteiger partial charge in [-0.25, -0.2) is 9.97 Å². The van der Waals surface area contributed by atoms with Gasteiger partial charge >= 0.3 is 7.12 Å². The van der Waals surface area contributed by atoms with E-state index < -0.39 is 0 Å². The Morgan fingerprint density at radius 2 is 1.62 bits per heavy atom. The topological polar surface area (TPSA) is 57.1 Å². The van der Waals surface area contributed by atoms with E-state index in [1.807, 2.05) is 39.8 Å². The normalized spacial score (nSPS) is 19.7. The lowest BCUT2D eigenvalue weighted by molar-refractivity contribution is 0.00578. The lowest BCUT2D eigenvalue weighted by Gasteiger charge is -2.32. The van der Waals surface area contributed by atoms with Crippen LogP contribution in [0.25, 0.3) is 11.3 Å². The smallest absolute Gasteiger partial charge is 0.399 e. The fourth-order valence-electron chi connectivity index (χ4n) is 2.16. The summed E-state index contributed by atoms with van der Waals surface area (Å²) in [5.74, 6) is 0. The van der Waals surface area contributed by atoms with Crippen LogP contribution in [0.5, 0.6) is 0 Å². The molecule has 0 aliphatic carbocycles. The van der Waals surface area contributed by atoms with E-state index >= 15 is 0 Å². The lowest BCUT2D eigenvalue weighted by atomic mass is 9.79. The second-order valence-corrected chi connectivity index (χ2v) is 6.19. The summed E-state index contributed by atoms with van der Waals surface area (Å²) in [6.07, 6.45) is 6.73. The minimum atomic E-state index is -0.388. The third kappa shape index (κ3) is 2.56. The predicted octanol–water partition coefficient (Wildman–Crippen LogP) is 1.84.